The fourth-order valence-corrected chi connectivity index (χ4v) is 0.876. The molecule has 0 saturated carbocycles. The van der Waals surface area contributed by atoms with Gasteiger partial charge in [-0.3, -0.25) is 0 Å². The smallest absolute Gasteiger partial charge is 0.0955 e. The average Bonchev–Trinajstić information content (AvgIpc) is 2.30. The van der Waals surface area contributed by atoms with Crippen LogP contribution in [0, 0.1) is 13.5 Å². The predicted octanol–water partition coefficient (Wildman–Crippen LogP) is 0.714. The van der Waals surface area contributed by atoms with Crippen LogP contribution in [0.4, 0.5) is 0 Å². The van der Waals surface area contributed by atoms with Crippen molar-refractivity contribution in [1.29, 1.82) is 0 Å². The molecule has 1 heterocycles. The maximum atomic E-state index is 8.74. The Labute approximate surface area is 60.3 Å². The number of hydrogen-bond donors (Lipinski definition) is 1. The standard InChI is InChI=1S/C7H11N2O/c1-3-9-5-8-7(4-10)6(9)2/h3,5,10H,4H2,1-2H3. The number of aliphatic hydroxyl groups is 1. The monoisotopic (exact) mass is 139 g/mol. The summed E-state index contributed by atoms with van der Waals surface area (Å²) in [6.45, 7) is 5.78. The van der Waals surface area contributed by atoms with Gasteiger partial charge in [-0.05, 0) is 13.8 Å². The number of aromatic nitrogens is 2. The van der Waals surface area contributed by atoms with Crippen molar-refractivity contribution in [1.82, 2.24) is 9.55 Å². The lowest BCUT2D eigenvalue weighted by molar-refractivity contribution is 0.276. The van der Waals surface area contributed by atoms with Gasteiger partial charge in [-0.1, -0.05) is 0 Å². The van der Waals surface area contributed by atoms with Crippen LogP contribution in [0.2, 0.25) is 0 Å². The second-order valence-corrected chi connectivity index (χ2v) is 2.10. The zero-order chi connectivity index (χ0) is 7.56. The summed E-state index contributed by atoms with van der Waals surface area (Å²) in [4.78, 5) is 3.99. The van der Waals surface area contributed by atoms with Gasteiger partial charge in [-0.2, -0.15) is 0 Å². The largest absolute Gasteiger partial charge is 0.390 e. The Morgan fingerprint density at radius 2 is 2.50 bits per heavy atom. The quantitative estimate of drug-likeness (QED) is 0.655. The molecule has 0 bridgehead atoms. The first-order chi connectivity index (χ1) is 4.79. The van der Waals surface area contributed by atoms with Crippen LogP contribution in [-0.4, -0.2) is 14.7 Å². The highest BCUT2D eigenvalue weighted by molar-refractivity contribution is 5.11. The van der Waals surface area contributed by atoms with Crippen molar-refractivity contribution < 1.29 is 5.11 Å². The Morgan fingerprint density at radius 3 is 2.80 bits per heavy atom. The number of nitrogens with zero attached hydrogens (tertiary/aromatic N) is 2. The van der Waals surface area contributed by atoms with Gasteiger partial charge in [-0.25, -0.2) is 4.98 Å². The lowest BCUT2D eigenvalue weighted by Crippen LogP contribution is -1.93. The number of hydrogen-bond acceptors (Lipinski definition) is 2. The van der Waals surface area contributed by atoms with Gasteiger partial charge in [0.25, 0.3) is 0 Å². The van der Waals surface area contributed by atoms with E-state index in [1.54, 1.807) is 6.33 Å². The summed E-state index contributed by atoms with van der Waals surface area (Å²) in [6, 6.07) is 0. The van der Waals surface area contributed by atoms with Crippen molar-refractivity contribution in [2.24, 2.45) is 0 Å². The third-order valence-electron chi connectivity index (χ3n) is 1.57. The minimum absolute atomic E-state index is 0.0205. The summed E-state index contributed by atoms with van der Waals surface area (Å²) in [7, 11) is 0. The molecule has 1 N–H and O–H groups in total. The number of aliphatic hydroxyl groups excluding tert-OH is 1. The number of rotatable bonds is 2. The van der Waals surface area contributed by atoms with Crippen LogP contribution >= 0.6 is 0 Å². The third-order valence-corrected chi connectivity index (χ3v) is 1.57. The van der Waals surface area contributed by atoms with Crippen LogP contribution < -0.4 is 0 Å². The molecule has 1 rings (SSSR count). The van der Waals surface area contributed by atoms with E-state index < -0.39 is 0 Å². The van der Waals surface area contributed by atoms with Gasteiger partial charge in [0, 0.05) is 5.69 Å². The first-order valence-electron chi connectivity index (χ1n) is 3.22. The summed E-state index contributed by atoms with van der Waals surface area (Å²) in [6.07, 6.45) is 1.70. The summed E-state index contributed by atoms with van der Waals surface area (Å²) >= 11 is 0. The Kier molecular flexibility index (Phi) is 2.06. The van der Waals surface area contributed by atoms with Crippen LogP contribution in [0.5, 0.6) is 0 Å². The molecule has 0 spiro atoms. The molecule has 0 aliphatic carbocycles. The molecule has 1 aromatic heterocycles. The van der Waals surface area contributed by atoms with Crippen molar-refractivity contribution >= 4 is 0 Å². The lowest BCUT2D eigenvalue weighted by Gasteiger charge is -1.98. The van der Waals surface area contributed by atoms with E-state index in [0.29, 0.717) is 0 Å². The second kappa shape index (κ2) is 2.84. The van der Waals surface area contributed by atoms with E-state index in [-0.39, 0.29) is 6.61 Å². The van der Waals surface area contributed by atoms with E-state index in [9.17, 15) is 0 Å². The van der Waals surface area contributed by atoms with E-state index in [1.807, 2.05) is 25.0 Å². The molecule has 0 atom stereocenters. The molecule has 3 nitrogen and oxygen atoms in total. The summed E-state index contributed by atoms with van der Waals surface area (Å²) in [5.74, 6) is 0. The molecular weight excluding hydrogens is 128 g/mol. The maximum absolute atomic E-state index is 8.74. The molecule has 3 heteroatoms. The molecule has 55 valence electrons. The molecule has 0 fully saturated rings. The molecule has 0 unspecified atom stereocenters. The molecule has 0 aliphatic rings. The highest BCUT2D eigenvalue weighted by atomic mass is 16.3. The van der Waals surface area contributed by atoms with E-state index in [2.05, 4.69) is 4.98 Å². The predicted molar refractivity (Wildman–Crippen MR) is 38.3 cm³/mol. The fourth-order valence-electron chi connectivity index (χ4n) is 0.876. The SMILES string of the molecule is C[CH]n1cnc(CO)c1C. The first kappa shape index (κ1) is 7.28. The zero-order valence-electron chi connectivity index (χ0n) is 6.20. The summed E-state index contributed by atoms with van der Waals surface area (Å²) in [5, 5.41) is 8.74. The van der Waals surface area contributed by atoms with Crippen molar-refractivity contribution in [2.75, 3.05) is 0 Å². The Hall–Kier alpha value is -0.830. The van der Waals surface area contributed by atoms with Crippen LogP contribution in [0.15, 0.2) is 6.33 Å². The van der Waals surface area contributed by atoms with Crippen molar-refractivity contribution in [2.45, 2.75) is 20.5 Å². The van der Waals surface area contributed by atoms with Gasteiger partial charge in [0.2, 0.25) is 0 Å². The van der Waals surface area contributed by atoms with Crippen LogP contribution in [0.25, 0.3) is 0 Å². The van der Waals surface area contributed by atoms with Gasteiger partial charge in [0.1, 0.15) is 0 Å². The molecule has 0 aromatic carbocycles. The first-order valence-corrected chi connectivity index (χ1v) is 3.22. The summed E-state index contributed by atoms with van der Waals surface area (Å²) in [5.41, 5.74) is 1.75. The molecular formula is C7H11N2O. The van der Waals surface area contributed by atoms with Crippen molar-refractivity contribution in [3.8, 4) is 0 Å². The van der Waals surface area contributed by atoms with Gasteiger partial charge < -0.3 is 9.67 Å². The molecule has 10 heavy (non-hydrogen) atoms. The maximum Gasteiger partial charge on any atom is 0.0955 e. The van der Waals surface area contributed by atoms with Crippen molar-refractivity contribution in [3.05, 3.63) is 24.3 Å². The van der Waals surface area contributed by atoms with E-state index in [4.69, 9.17) is 5.11 Å². The summed E-state index contributed by atoms with van der Waals surface area (Å²) < 4.78 is 1.88. The van der Waals surface area contributed by atoms with Crippen LogP contribution in [0.1, 0.15) is 18.3 Å². The molecule has 0 amide bonds. The fraction of sp³-hybridized carbons (Fsp3) is 0.429. The third kappa shape index (κ3) is 1.04. The molecule has 1 radical (unpaired) electrons. The van der Waals surface area contributed by atoms with E-state index >= 15 is 0 Å². The zero-order valence-corrected chi connectivity index (χ0v) is 6.20. The Balaban J connectivity index is 2.97. The van der Waals surface area contributed by atoms with E-state index in [1.165, 1.54) is 0 Å². The van der Waals surface area contributed by atoms with Crippen LogP contribution in [0.3, 0.4) is 0 Å². The Bertz CT molecular complexity index is 196. The van der Waals surface area contributed by atoms with Gasteiger partial charge >= 0.3 is 0 Å². The minimum atomic E-state index is 0.0205. The lowest BCUT2D eigenvalue weighted by atomic mass is 10.3. The molecule has 1 aromatic rings. The topological polar surface area (TPSA) is 38.0 Å². The van der Waals surface area contributed by atoms with E-state index in [0.717, 1.165) is 11.4 Å². The normalized spacial score (nSPS) is 10.3. The highest BCUT2D eigenvalue weighted by Crippen LogP contribution is 2.05. The van der Waals surface area contributed by atoms with Crippen molar-refractivity contribution in [3.63, 3.8) is 0 Å². The highest BCUT2D eigenvalue weighted by Gasteiger charge is 2.01. The van der Waals surface area contributed by atoms with Gasteiger partial charge in [-0.15, -0.1) is 0 Å². The average molecular weight is 139 g/mol. The number of imidazole rings is 1. The van der Waals surface area contributed by atoms with Crippen LogP contribution in [-0.2, 0) is 6.61 Å². The van der Waals surface area contributed by atoms with Gasteiger partial charge in [0.15, 0.2) is 0 Å². The minimum Gasteiger partial charge on any atom is -0.390 e. The molecule has 0 aliphatic heterocycles. The van der Waals surface area contributed by atoms with Gasteiger partial charge in [0.05, 0.1) is 25.2 Å². The molecule has 0 saturated heterocycles. The second-order valence-electron chi connectivity index (χ2n) is 2.10. The Morgan fingerprint density at radius 1 is 1.80 bits per heavy atom.